The van der Waals surface area contributed by atoms with E-state index in [2.05, 4.69) is 13.8 Å². The van der Waals surface area contributed by atoms with Crippen LogP contribution in [0.15, 0.2) is 0 Å². The molecule has 0 saturated carbocycles. The number of rotatable bonds is 7. The van der Waals surface area contributed by atoms with Gasteiger partial charge in [-0.05, 0) is 26.7 Å². The Kier molecular flexibility index (Phi) is 7.43. The quantitative estimate of drug-likeness (QED) is 0.497. The zero-order valence-electron chi connectivity index (χ0n) is 7.75. The lowest BCUT2D eigenvalue weighted by Crippen LogP contribution is -2.14. The Morgan fingerprint density at radius 2 is 1.83 bits per heavy atom. The average molecular weight is 210 g/mol. The summed E-state index contributed by atoms with van der Waals surface area (Å²) < 4.78 is 0.148. The van der Waals surface area contributed by atoms with E-state index in [-0.39, 0.29) is 18.0 Å². The number of aliphatic hydroxyl groups excluding tert-OH is 2. The van der Waals surface area contributed by atoms with Gasteiger partial charge in [0.2, 0.25) is 0 Å². The molecule has 0 spiro atoms. The van der Waals surface area contributed by atoms with Crippen molar-refractivity contribution < 1.29 is 10.2 Å². The Morgan fingerprint density at radius 1 is 1.17 bits per heavy atom. The molecule has 74 valence electrons. The van der Waals surface area contributed by atoms with E-state index in [0.29, 0.717) is 0 Å². The van der Waals surface area contributed by atoms with Crippen LogP contribution in [0.3, 0.4) is 0 Å². The van der Waals surface area contributed by atoms with Gasteiger partial charge in [0.15, 0.2) is 0 Å². The van der Waals surface area contributed by atoms with Gasteiger partial charge in [-0.3, -0.25) is 0 Å². The normalized spacial score (nSPS) is 12.0. The molecule has 0 unspecified atom stereocenters. The first-order chi connectivity index (χ1) is 5.62. The molecule has 4 heteroatoms. The highest BCUT2D eigenvalue weighted by molar-refractivity contribution is 8.77. The number of aliphatic hydroxyl groups is 2. The van der Waals surface area contributed by atoms with Crippen molar-refractivity contribution in [2.75, 3.05) is 19.0 Å². The fraction of sp³-hybridized carbons (Fsp3) is 1.00. The van der Waals surface area contributed by atoms with Crippen LogP contribution >= 0.6 is 21.6 Å². The molecule has 2 N–H and O–H groups in total. The van der Waals surface area contributed by atoms with Crippen molar-refractivity contribution in [1.29, 1.82) is 0 Å². The first-order valence-electron chi connectivity index (χ1n) is 4.15. The zero-order valence-corrected chi connectivity index (χ0v) is 9.38. The highest BCUT2D eigenvalue weighted by atomic mass is 33.1. The summed E-state index contributed by atoms with van der Waals surface area (Å²) in [6.07, 6.45) is 1.68. The van der Waals surface area contributed by atoms with Crippen molar-refractivity contribution in [3.8, 4) is 0 Å². The second-order valence-electron chi connectivity index (χ2n) is 3.22. The van der Waals surface area contributed by atoms with E-state index in [0.717, 1.165) is 18.6 Å². The minimum atomic E-state index is 0.148. The molecule has 0 aliphatic heterocycles. The van der Waals surface area contributed by atoms with E-state index in [4.69, 9.17) is 10.2 Å². The smallest absolute Gasteiger partial charge is 0.0444 e. The molecule has 0 aliphatic carbocycles. The van der Waals surface area contributed by atoms with Crippen molar-refractivity contribution in [2.24, 2.45) is 0 Å². The monoisotopic (exact) mass is 210 g/mol. The third kappa shape index (κ3) is 7.28. The SMILES string of the molecule is CC(C)(CCO)SSCCCO. The highest BCUT2D eigenvalue weighted by Gasteiger charge is 2.17. The summed E-state index contributed by atoms with van der Waals surface area (Å²) in [5.41, 5.74) is 0. The maximum atomic E-state index is 8.74. The summed E-state index contributed by atoms with van der Waals surface area (Å²) >= 11 is 0. The third-order valence-corrected chi connectivity index (χ3v) is 4.82. The van der Waals surface area contributed by atoms with Gasteiger partial charge in [0.05, 0.1) is 0 Å². The fourth-order valence-electron chi connectivity index (χ4n) is 0.636. The van der Waals surface area contributed by atoms with Crippen LogP contribution in [0, 0.1) is 0 Å². The molecule has 0 aliphatic rings. The Hall–Kier alpha value is 0.620. The van der Waals surface area contributed by atoms with E-state index in [9.17, 15) is 0 Å². The van der Waals surface area contributed by atoms with Crippen LogP contribution in [-0.2, 0) is 0 Å². The van der Waals surface area contributed by atoms with Gasteiger partial charge in [0, 0.05) is 23.7 Å². The van der Waals surface area contributed by atoms with Crippen molar-refractivity contribution in [2.45, 2.75) is 31.4 Å². The summed E-state index contributed by atoms with van der Waals surface area (Å²) in [4.78, 5) is 0. The minimum Gasteiger partial charge on any atom is -0.396 e. The molecule has 0 rings (SSSR count). The summed E-state index contributed by atoms with van der Waals surface area (Å²) in [5.74, 6) is 0.982. The topological polar surface area (TPSA) is 40.5 Å². The predicted octanol–water partition coefficient (Wildman–Crippen LogP) is 1.91. The largest absolute Gasteiger partial charge is 0.396 e. The maximum Gasteiger partial charge on any atom is 0.0444 e. The van der Waals surface area contributed by atoms with Crippen LogP contribution in [0.1, 0.15) is 26.7 Å². The zero-order chi connectivity index (χ0) is 9.45. The second kappa shape index (κ2) is 7.06. The molecule has 0 aromatic rings. The molecular weight excluding hydrogens is 192 g/mol. The van der Waals surface area contributed by atoms with Crippen LogP contribution in [0.4, 0.5) is 0 Å². The molecule has 0 atom stereocenters. The summed E-state index contributed by atoms with van der Waals surface area (Å²) in [5, 5.41) is 17.3. The fourth-order valence-corrected chi connectivity index (χ4v) is 3.27. The van der Waals surface area contributed by atoms with Crippen LogP contribution in [0.5, 0.6) is 0 Å². The molecule has 0 bridgehead atoms. The molecule has 0 saturated heterocycles. The lowest BCUT2D eigenvalue weighted by molar-refractivity contribution is 0.275. The van der Waals surface area contributed by atoms with Crippen molar-refractivity contribution in [3.05, 3.63) is 0 Å². The van der Waals surface area contributed by atoms with Gasteiger partial charge in [-0.15, -0.1) is 0 Å². The standard InChI is InChI=1S/C8H18O2S2/c1-8(2,4-6-10)12-11-7-3-5-9/h9-10H,3-7H2,1-2H3. The van der Waals surface area contributed by atoms with Gasteiger partial charge in [0.25, 0.3) is 0 Å². The van der Waals surface area contributed by atoms with Gasteiger partial charge in [-0.2, -0.15) is 0 Å². The van der Waals surface area contributed by atoms with E-state index in [1.54, 1.807) is 21.6 Å². The van der Waals surface area contributed by atoms with Gasteiger partial charge < -0.3 is 10.2 Å². The Balaban J connectivity index is 3.33. The predicted molar refractivity (Wildman–Crippen MR) is 57.5 cm³/mol. The first-order valence-corrected chi connectivity index (χ1v) is 6.46. The van der Waals surface area contributed by atoms with E-state index in [1.807, 2.05) is 0 Å². The lowest BCUT2D eigenvalue weighted by Gasteiger charge is -2.21. The molecule has 12 heavy (non-hydrogen) atoms. The van der Waals surface area contributed by atoms with Crippen LogP contribution in [0.25, 0.3) is 0 Å². The first kappa shape index (κ1) is 12.6. The van der Waals surface area contributed by atoms with Gasteiger partial charge in [0.1, 0.15) is 0 Å². The third-order valence-electron chi connectivity index (χ3n) is 1.38. The van der Waals surface area contributed by atoms with Gasteiger partial charge in [-0.25, -0.2) is 0 Å². The molecule has 0 radical (unpaired) electrons. The summed E-state index contributed by atoms with van der Waals surface area (Å²) in [6.45, 7) is 4.77. The maximum absolute atomic E-state index is 8.74. The Morgan fingerprint density at radius 3 is 2.33 bits per heavy atom. The average Bonchev–Trinajstić information content (AvgIpc) is 1.98. The molecule has 0 amide bonds. The van der Waals surface area contributed by atoms with E-state index < -0.39 is 0 Å². The molecule has 0 heterocycles. The molecule has 0 aromatic heterocycles. The summed E-state index contributed by atoms with van der Waals surface area (Å²) in [6, 6.07) is 0. The molecule has 0 fully saturated rings. The van der Waals surface area contributed by atoms with E-state index >= 15 is 0 Å². The van der Waals surface area contributed by atoms with Gasteiger partial charge >= 0.3 is 0 Å². The lowest BCUT2D eigenvalue weighted by atomic mass is 10.1. The summed E-state index contributed by atoms with van der Waals surface area (Å²) in [7, 11) is 3.56. The number of hydrogen-bond donors (Lipinski definition) is 2. The highest BCUT2D eigenvalue weighted by Crippen LogP contribution is 2.37. The Bertz CT molecular complexity index is 107. The molecule has 2 nitrogen and oxygen atoms in total. The number of hydrogen-bond acceptors (Lipinski definition) is 4. The van der Waals surface area contributed by atoms with Crippen LogP contribution in [0.2, 0.25) is 0 Å². The van der Waals surface area contributed by atoms with E-state index in [1.165, 1.54) is 0 Å². The van der Waals surface area contributed by atoms with Crippen LogP contribution in [-0.4, -0.2) is 33.9 Å². The van der Waals surface area contributed by atoms with Gasteiger partial charge in [-0.1, -0.05) is 21.6 Å². The minimum absolute atomic E-state index is 0.148. The van der Waals surface area contributed by atoms with Crippen molar-refractivity contribution in [1.82, 2.24) is 0 Å². The Labute approximate surface area is 82.5 Å². The molecular formula is C8H18O2S2. The van der Waals surface area contributed by atoms with Crippen molar-refractivity contribution in [3.63, 3.8) is 0 Å². The van der Waals surface area contributed by atoms with Crippen molar-refractivity contribution >= 4 is 21.6 Å². The molecule has 0 aromatic carbocycles. The van der Waals surface area contributed by atoms with Crippen LogP contribution < -0.4 is 0 Å². The second-order valence-corrected chi connectivity index (χ2v) is 6.34.